The van der Waals surface area contributed by atoms with Gasteiger partial charge in [-0.1, -0.05) is 39.8 Å². The van der Waals surface area contributed by atoms with Gasteiger partial charge in [-0.3, -0.25) is 4.90 Å². The average Bonchev–Trinajstić information content (AvgIpc) is 2.86. The summed E-state index contributed by atoms with van der Waals surface area (Å²) in [6, 6.07) is 9.85. The standard InChI is InChI=1S/C17H30N4O2.C7H6FN.C2H6/c1-3-5-21(6-4-2)15-13-16(18)19-17(14-15)23-12-9-20-7-10-22-11-8-20;8-7-3-1-2-6(4-7)5-9;1-2/h13-14H,3-12H2,1-2H3,(H2,18,19);1-5,9H;1-2H3. The van der Waals surface area contributed by atoms with Crippen LogP contribution in [0.25, 0.3) is 0 Å². The molecule has 1 saturated heterocycles. The smallest absolute Gasteiger partial charge is 0.217 e. The van der Waals surface area contributed by atoms with E-state index >= 15 is 0 Å². The Balaban J connectivity index is 0.000000437. The number of aromatic nitrogens is 1. The second-order valence-electron chi connectivity index (χ2n) is 7.58. The maximum Gasteiger partial charge on any atom is 0.217 e. The van der Waals surface area contributed by atoms with Gasteiger partial charge in [0.2, 0.25) is 5.88 Å². The van der Waals surface area contributed by atoms with Gasteiger partial charge in [0.05, 0.1) is 13.2 Å². The molecule has 0 saturated carbocycles. The first-order chi connectivity index (χ1) is 16.5. The molecule has 1 aliphatic heterocycles. The monoisotopic (exact) mass is 475 g/mol. The summed E-state index contributed by atoms with van der Waals surface area (Å²) in [5.41, 5.74) is 7.65. The molecule has 1 aromatic carbocycles. The molecule has 0 amide bonds. The number of halogens is 1. The first-order valence-electron chi connectivity index (χ1n) is 12.3. The zero-order valence-corrected chi connectivity index (χ0v) is 21.2. The number of nitrogens with zero attached hydrogens (tertiary/aromatic N) is 3. The van der Waals surface area contributed by atoms with E-state index < -0.39 is 0 Å². The lowest BCUT2D eigenvalue weighted by Gasteiger charge is -2.26. The Kier molecular flexibility index (Phi) is 15.3. The van der Waals surface area contributed by atoms with Crippen LogP contribution in [0.15, 0.2) is 36.4 Å². The van der Waals surface area contributed by atoms with Crippen molar-refractivity contribution in [2.45, 2.75) is 40.5 Å². The number of anilines is 2. The Morgan fingerprint density at radius 1 is 1.15 bits per heavy atom. The summed E-state index contributed by atoms with van der Waals surface area (Å²) in [5, 5.41) is 6.75. The summed E-state index contributed by atoms with van der Waals surface area (Å²) in [4.78, 5) is 8.99. The number of benzene rings is 1. The van der Waals surface area contributed by atoms with E-state index in [1.165, 1.54) is 12.1 Å². The molecular weight excluding hydrogens is 433 g/mol. The summed E-state index contributed by atoms with van der Waals surface area (Å²) >= 11 is 0. The van der Waals surface area contributed by atoms with Crippen LogP contribution in [0, 0.1) is 11.2 Å². The van der Waals surface area contributed by atoms with Crippen LogP contribution in [-0.2, 0) is 4.74 Å². The Labute approximate surface area is 204 Å². The quantitative estimate of drug-likeness (QED) is 0.478. The van der Waals surface area contributed by atoms with E-state index in [1.807, 2.05) is 26.0 Å². The SMILES string of the molecule is CC.CCCN(CCC)c1cc(N)nc(OCCN2CCOCC2)c1.N=Cc1cccc(F)c1. The number of ether oxygens (including phenoxy) is 2. The average molecular weight is 476 g/mol. The van der Waals surface area contributed by atoms with Gasteiger partial charge in [0.1, 0.15) is 18.2 Å². The third-order valence-electron chi connectivity index (χ3n) is 4.94. The van der Waals surface area contributed by atoms with Crippen molar-refractivity contribution < 1.29 is 13.9 Å². The summed E-state index contributed by atoms with van der Waals surface area (Å²) in [6.07, 6.45) is 3.33. The first-order valence-corrected chi connectivity index (χ1v) is 12.3. The lowest BCUT2D eigenvalue weighted by atomic mass is 10.2. The molecule has 0 aliphatic carbocycles. The normalized spacial score (nSPS) is 13.1. The zero-order valence-electron chi connectivity index (χ0n) is 21.2. The molecule has 3 N–H and O–H groups in total. The number of hydrogen-bond acceptors (Lipinski definition) is 7. The van der Waals surface area contributed by atoms with Crippen molar-refractivity contribution in [1.82, 2.24) is 9.88 Å². The number of hydrogen-bond donors (Lipinski definition) is 2. The van der Waals surface area contributed by atoms with Gasteiger partial charge in [-0.2, -0.15) is 4.98 Å². The highest BCUT2D eigenvalue weighted by Gasteiger charge is 2.12. The third-order valence-corrected chi connectivity index (χ3v) is 4.94. The van der Waals surface area contributed by atoms with E-state index in [9.17, 15) is 4.39 Å². The first kappa shape index (κ1) is 29.3. The highest BCUT2D eigenvalue weighted by Crippen LogP contribution is 2.23. The fraction of sp³-hybridized carbons (Fsp3) is 0.538. The van der Waals surface area contributed by atoms with Crippen LogP contribution in [0.5, 0.6) is 5.88 Å². The number of nitrogens with one attached hydrogen (secondary N) is 1. The van der Waals surface area contributed by atoms with Crippen molar-refractivity contribution in [2.24, 2.45) is 0 Å². The van der Waals surface area contributed by atoms with Gasteiger partial charge < -0.3 is 25.5 Å². The van der Waals surface area contributed by atoms with E-state index in [4.69, 9.17) is 20.6 Å². The third kappa shape index (κ3) is 11.4. The number of rotatable bonds is 10. The lowest BCUT2D eigenvalue weighted by molar-refractivity contribution is 0.0320. The molecule has 8 heteroatoms. The largest absolute Gasteiger partial charge is 0.476 e. The summed E-state index contributed by atoms with van der Waals surface area (Å²) in [6.45, 7) is 15.5. The molecule has 0 bridgehead atoms. The molecule has 0 atom stereocenters. The molecule has 2 heterocycles. The van der Waals surface area contributed by atoms with E-state index in [0.29, 0.717) is 23.9 Å². The zero-order chi connectivity index (χ0) is 25.2. The van der Waals surface area contributed by atoms with Crippen molar-refractivity contribution in [3.05, 3.63) is 47.8 Å². The Morgan fingerprint density at radius 3 is 2.38 bits per heavy atom. The molecule has 1 fully saturated rings. The van der Waals surface area contributed by atoms with E-state index in [0.717, 1.165) is 70.7 Å². The van der Waals surface area contributed by atoms with Crippen LogP contribution in [0.1, 0.15) is 46.1 Å². The topological polar surface area (TPSA) is 87.7 Å². The second kappa shape index (κ2) is 17.7. The molecule has 1 aromatic heterocycles. The second-order valence-corrected chi connectivity index (χ2v) is 7.58. The van der Waals surface area contributed by atoms with Gasteiger partial charge in [-0.15, -0.1) is 0 Å². The molecular formula is C26H42FN5O2. The molecule has 0 unspecified atom stereocenters. The Hall–Kier alpha value is -2.71. The van der Waals surface area contributed by atoms with E-state index in [2.05, 4.69) is 28.6 Å². The Bertz CT molecular complexity index is 810. The summed E-state index contributed by atoms with van der Waals surface area (Å²) in [5.74, 6) is 0.836. The van der Waals surface area contributed by atoms with Crippen molar-refractivity contribution >= 4 is 17.7 Å². The fourth-order valence-corrected chi connectivity index (χ4v) is 3.38. The lowest BCUT2D eigenvalue weighted by Crippen LogP contribution is -2.38. The van der Waals surface area contributed by atoms with Crippen LogP contribution in [-0.4, -0.2) is 68.6 Å². The fourth-order valence-electron chi connectivity index (χ4n) is 3.38. The molecule has 7 nitrogen and oxygen atoms in total. The minimum absolute atomic E-state index is 0.295. The van der Waals surface area contributed by atoms with Gasteiger partial charge >= 0.3 is 0 Å². The predicted octanol–water partition coefficient (Wildman–Crippen LogP) is 4.85. The Morgan fingerprint density at radius 2 is 1.82 bits per heavy atom. The van der Waals surface area contributed by atoms with Crippen molar-refractivity contribution in [3.63, 3.8) is 0 Å². The van der Waals surface area contributed by atoms with Crippen LogP contribution in [0.2, 0.25) is 0 Å². The van der Waals surface area contributed by atoms with Crippen molar-refractivity contribution in [1.29, 1.82) is 5.41 Å². The van der Waals surface area contributed by atoms with Crippen LogP contribution in [0.4, 0.5) is 15.9 Å². The molecule has 3 rings (SSSR count). The molecule has 0 radical (unpaired) electrons. The van der Waals surface area contributed by atoms with Gasteiger partial charge in [0.15, 0.2) is 0 Å². The number of morpholine rings is 1. The van der Waals surface area contributed by atoms with Gasteiger partial charge in [0, 0.05) is 56.8 Å². The molecule has 0 spiro atoms. The molecule has 190 valence electrons. The minimum atomic E-state index is -0.295. The van der Waals surface area contributed by atoms with Crippen LogP contribution < -0.4 is 15.4 Å². The molecule has 1 aliphatic rings. The number of nitrogens with two attached hydrogens (primary N) is 1. The highest BCUT2D eigenvalue weighted by atomic mass is 19.1. The van der Waals surface area contributed by atoms with Gasteiger partial charge in [-0.25, -0.2) is 4.39 Å². The summed E-state index contributed by atoms with van der Waals surface area (Å²) in [7, 11) is 0. The molecule has 2 aromatic rings. The maximum absolute atomic E-state index is 12.3. The maximum atomic E-state index is 12.3. The molecule has 34 heavy (non-hydrogen) atoms. The number of pyridine rings is 1. The predicted molar refractivity (Wildman–Crippen MR) is 140 cm³/mol. The summed E-state index contributed by atoms with van der Waals surface area (Å²) < 4.78 is 23.4. The van der Waals surface area contributed by atoms with Gasteiger partial charge in [0.25, 0.3) is 0 Å². The van der Waals surface area contributed by atoms with Crippen LogP contribution >= 0.6 is 0 Å². The van der Waals surface area contributed by atoms with Gasteiger partial charge in [-0.05, 0) is 30.5 Å². The van der Waals surface area contributed by atoms with E-state index in [1.54, 1.807) is 12.1 Å². The highest BCUT2D eigenvalue weighted by molar-refractivity contribution is 5.76. The minimum Gasteiger partial charge on any atom is -0.476 e. The van der Waals surface area contributed by atoms with Crippen LogP contribution in [0.3, 0.4) is 0 Å². The number of nitrogen functional groups attached to an aromatic ring is 1. The van der Waals surface area contributed by atoms with Crippen molar-refractivity contribution in [2.75, 3.05) is 63.2 Å². The van der Waals surface area contributed by atoms with Crippen molar-refractivity contribution in [3.8, 4) is 5.88 Å². The van der Waals surface area contributed by atoms with E-state index in [-0.39, 0.29) is 5.82 Å².